The molecule has 0 spiro atoms. The molecule has 2 atom stereocenters. The largest absolute Gasteiger partial charge is 0.479 e. The van der Waals surface area contributed by atoms with Gasteiger partial charge in [0.05, 0.1) is 23.8 Å². The summed E-state index contributed by atoms with van der Waals surface area (Å²) in [5.74, 6) is 0.432. The number of aryl methyl sites for hydroxylation is 1. The van der Waals surface area contributed by atoms with Crippen LogP contribution in [0.15, 0.2) is 30.5 Å². The van der Waals surface area contributed by atoms with Gasteiger partial charge in [0.15, 0.2) is 6.10 Å². The van der Waals surface area contributed by atoms with Gasteiger partial charge in [-0.25, -0.2) is 9.78 Å². The molecule has 1 saturated carbocycles. The van der Waals surface area contributed by atoms with E-state index in [-0.39, 0.29) is 6.04 Å². The molecule has 2 fully saturated rings. The molecule has 40 heavy (non-hydrogen) atoms. The van der Waals surface area contributed by atoms with Crippen LogP contribution in [-0.4, -0.2) is 65.6 Å². The second kappa shape index (κ2) is 14.0. The maximum Gasteiger partial charge on any atom is 0.332 e. The van der Waals surface area contributed by atoms with E-state index < -0.39 is 17.5 Å². The average molecular weight is 550 g/mol. The van der Waals surface area contributed by atoms with E-state index in [1.165, 1.54) is 0 Å². The van der Waals surface area contributed by atoms with Gasteiger partial charge in [-0.1, -0.05) is 6.07 Å². The first-order chi connectivity index (χ1) is 19.3. The Kier molecular flexibility index (Phi) is 10.5. The number of carbonyl (C=O) groups is 1. The van der Waals surface area contributed by atoms with Crippen LogP contribution in [0.4, 0.5) is 5.82 Å². The van der Waals surface area contributed by atoms with Gasteiger partial charge in [0, 0.05) is 49.3 Å². The van der Waals surface area contributed by atoms with Crippen molar-refractivity contribution in [1.82, 2.24) is 15.3 Å². The standard InChI is InChI=1S/C31H43N5O4/c1-21-17-33-26(15-24-7-9-25(10-8-24)35-22(2)18-40-23(3)30(37)38)16-27(21)28-5-4-6-29(36-28)34-20-31(19-32)11-13-39-14-12-31/h4-6,16-17,22-25,35H,7-15,18,20H2,1-3H3,(H,34,36)(H,37,38)/t22-,23-,24?,25?/m0/s1. The van der Waals surface area contributed by atoms with E-state index in [0.29, 0.717) is 38.3 Å². The summed E-state index contributed by atoms with van der Waals surface area (Å²) in [6.07, 6.45) is 8.03. The molecule has 2 aromatic heterocycles. The van der Waals surface area contributed by atoms with Crippen LogP contribution in [0.25, 0.3) is 11.3 Å². The number of pyridine rings is 2. The van der Waals surface area contributed by atoms with Gasteiger partial charge in [0.1, 0.15) is 5.82 Å². The van der Waals surface area contributed by atoms with Crippen molar-refractivity contribution in [2.24, 2.45) is 11.3 Å². The number of nitrogens with zero attached hydrogens (tertiary/aromatic N) is 3. The summed E-state index contributed by atoms with van der Waals surface area (Å²) >= 11 is 0. The first-order valence-electron chi connectivity index (χ1n) is 14.5. The first kappa shape index (κ1) is 29.9. The Morgan fingerprint density at radius 3 is 2.70 bits per heavy atom. The normalized spacial score (nSPS) is 22.1. The third-order valence-electron chi connectivity index (χ3n) is 8.29. The fourth-order valence-corrected chi connectivity index (χ4v) is 5.63. The summed E-state index contributed by atoms with van der Waals surface area (Å²) in [7, 11) is 0. The molecule has 1 aliphatic carbocycles. The highest BCUT2D eigenvalue weighted by Crippen LogP contribution is 2.31. The van der Waals surface area contributed by atoms with E-state index in [1.807, 2.05) is 31.3 Å². The Labute approximate surface area is 237 Å². The Balaban J connectivity index is 1.31. The summed E-state index contributed by atoms with van der Waals surface area (Å²) in [6.45, 7) is 7.89. The van der Waals surface area contributed by atoms with Crippen molar-refractivity contribution in [1.29, 1.82) is 5.26 Å². The highest BCUT2D eigenvalue weighted by atomic mass is 16.5. The Bertz CT molecular complexity index is 1170. The maximum atomic E-state index is 11.0. The third kappa shape index (κ3) is 8.23. The molecule has 9 heteroatoms. The minimum Gasteiger partial charge on any atom is -0.479 e. The number of carboxylic acid groups (broad SMARTS) is 1. The third-order valence-corrected chi connectivity index (χ3v) is 8.29. The Hall–Kier alpha value is -3.06. The van der Waals surface area contributed by atoms with Crippen molar-refractivity contribution in [3.63, 3.8) is 0 Å². The number of nitriles is 1. The Morgan fingerprint density at radius 1 is 1.25 bits per heavy atom. The summed E-state index contributed by atoms with van der Waals surface area (Å²) in [4.78, 5) is 20.6. The van der Waals surface area contributed by atoms with Crippen molar-refractivity contribution < 1.29 is 19.4 Å². The summed E-state index contributed by atoms with van der Waals surface area (Å²) in [5.41, 5.74) is 3.77. The van der Waals surface area contributed by atoms with E-state index in [2.05, 4.69) is 29.7 Å². The fraction of sp³-hybridized carbons (Fsp3) is 0.613. The summed E-state index contributed by atoms with van der Waals surface area (Å²) in [6, 6.07) is 11.2. The molecule has 3 N–H and O–H groups in total. The number of rotatable bonds is 12. The SMILES string of the molecule is Cc1cnc(CC2CCC(N[C@@H](C)CO[C@@H](C)C(=O)O)CC2)cc1-c1cccc(NCC2(C#N)CCOCC2)n1. The molecule has 3 heterocycles. The quantitative estimate of drug-likeness (QED) is 0.343. The first-order valence-corrected chi connectivity index (χ1v) is 14.5. The van der Waals surface area contributed by atoms with Gasteiger partial charge in [0.25, 0.3) is 0 Å². The molecule has 0 radical (unpaired) electrons. The number of nitrogens with one attached hydrogen (secondary N) is 2. The topological polar surface area (TPSA) is 129 Å². The van der Waals surface area contributed by atoms with Gasteiger partial charge in [-0.2, -0.15) is 5.26 Å². The van der Waals surface area contributed by atoms with Crippen molar-refractivity contribution in [2.45, 2.75) is 83.9 Å². The molecule has 0 amide bonds. The molecule has 0 unspecified atom stereocenters. The molecule has 2 aromatic rings. The van der Waals surface area contributed by atoms with Gasteiger partial charge in [-0.3, -0.25) is 4.98 Å². The summed E-state index contributed by atoms with van der Waals surface area (Å²) in [5, 5.41) is 25.8. The van der Waals surface area contributed by atoms with Crippen molar-refractivity contribution >= 4 is 11.8 Å². The minimum atomic E-state index is -0.931. The number of hydrogen-bond acceptors (Lipinski definition) is 8. The van der Waals surface area contributed by atoms with Crippen LogP contribution in [0.1, 0.15) is 63.6 Å². The number of ether oxygens (including phenoxy) is 2. The predicted octanol–water partition coefficient (Wildman–Crippen LogP) is 4.75. The van der Waals surface area contributed by atoms with Gasteiger partial charge in [-0.15, -0.1) is 0 Å². The van der Waals surface area contributed by atoms with Crippen LogP contribution in [0.2, 0.25) is 0 Å². The van der Waals surface area contributed by atoms with E-state index >= 15 is 0 Å². The lowest BCUT2D eigenvalue weighted by atomic mass is 9.82. The van der Waals surface area contributed by atoms with E-state index in [4.69, 9.17) is 24.5 Å². The van der Waals surface area contributed by atoms with Gasteiger partial charge < -0.3 is 25.2 Å². The zero-order valence-corrected chi connectivity index (χ0v) is 24.0. The molecule has 4 rings (SSSR count). The van der Waals surface area contributed by atoms with Gasteiger partial charge in [-0.05, 0) is 95.4 Å². The molecular formula is C31H43N5O4. The number of anilines is 1. The van der Waals surface area contributed by atoms with Crippen molar-refractivity contribution in [3.05, 3.63) is 41.7 Å². The van der Waals surface area contributed by atoms with Crippen LogP contribution in [0.5, 0.6) is 0 Å². The van der Waals surface area contributed by atoms with Crippen molar-refractivity contribution in [3.8, 4) is 17.3 Å². The Morgan fingerprint density at radius 2 is 2.00 bits per heavy atom. The second-order valence-corrected chi connectivity index (χ2v) is 11.6. The van der Waals surface area contributed by atoms with Gasteiger partial charge >= 0.3 is 5.97 Å². The summed E-state index contributed by atoms with van der Waals surface area (Å²) < 4.78 is 10.9. The molecule has 1 aliphatic heterocycles. The van der Waals surface area contributed by atoms with Gasteiger partial charge in [0.2, 0.25) is 0 Å². The molecule has 0 bridgehead atoms. The lowest BCUT2D eigenvalue weighted by Gasteiger charge is -2.31. The number of aliphatic carboxylic acids is 1. The maximum absolute atomic E-state index is 11.0. The zero-order chi connectivity index (χ0) is 28.5. The smallest absolute Gasteiger partial charge is 0.332 e. The number of hydrogen-bond donors (Lipinski definition) is 3. The van der Waals surface area contributed by atoms with Crippen LogP contribution in [0, 0.1) is 29.6 Å². The lowest BCUT2D eigenvalue weighted by molar-refractivity contribution is -0.149. The molecular weight excluding hydrogens is 506 g/mol. The van der Waals surface area contributed by atoms with E-state index in [1.54, 1.807) is 6.92 Å². The lowest BCUT2D eigenvalue weighted by Crippen LogP contribution is -2.42. The molecule has 9 nitrogen and oxygen atoms in total. The van der Waals surface area contributed by atoms with Crippen LogP contribution >= 0.6 is 0 Å². The highest BCUT2D eigenvalue weighted by molar-refractivity contribution is 5.71. The molecule has 0 aromatic carbocycles. The fourth-order valence-electron chi connectivity index (χ4n) is 5.63. The van der Waals surface area contributed by atoms with Crippen molar-refractivity contribution in [2.75, 3.05) is 31.7 Å². The second-order valence-electron chi connectivity index (χ2n) is 11.6. The number of aromatic nitrogens is 2. The van der Waals surface area contributed by atoms with Crippen LogP contribution in [0.3, 0.4) is 0 Å². The zero-order valence-electron chi connectivity index (χ0n) is 24.0. The number of carboxylic acids is 1. The van der Waals surface area contributed by atoms with E-state index in [9.17, 15) is 10.1 Å². The van der Waals surface area contributed by atoms with E-state index in [0.717, 1.165) is 73.3 Å². The highest BCUT2D eigenvalue weighted by Gasteiger charge is 2.32. The van der Waals surface area contributed by atoms with Crippen LogP contribution < -0.4 is 10.6 Å². The minimum absolute atomic E-state index is 0.115. The predicted molar refractivity (Wildman–Crippen MR) is 154 cm³/mol. The van der Waals surface area contributed by atoms with Crippen LogP contribution in [-0.2, 0) is 20.7 Å². The molecule has 1 saturated heterocycles. The monoisotopic (exact) mass is 549 g/mol. The molecule has 216 valence electrons. The molecule has 2 aliphatic rings. The average Bonchev–Trinajstić information content (AvgIpc) is 2.97.